The molecule has 0 unspecified atom stereocenters. The first-order valence-electron chi connectivity index (χ1n) is 7.52. The number of aromatic nitrogens is 1. The summed E-state index contributed by atoms with van der Waals surface area (Å²) in [6, 6.07) is 14.2. The number of benzene rings is 1. The molecule has 2 heterocycles. The monoisotopic (exact) mass is 327 g/mol. The Labute approximate surface area is 136 Å². The molecule has 6 heteroatoms. The zero-order chi connectivity index (χ0) is 16.3. The van der Waals surface area contributed by atoms with Crippen LogP contribution in [0.3, 0.4) is 0 Å². The second kappa shape index (κ2) is 6.39. The molecule has 1 fully saturated rings. The van der Waals surface area contributed by atoms with Crippen molar-refractivity contribution in [2.24, 2.45) is 0 Å². The van der Waals surface area contributed by atoms with Crippen LogP contribution in [-0.2, 0) is 9.84 Å². The number of rotatable bonds is 3. The molecule has 0 bridgehead atoms. The van der Waals surface area contributed by atoms with Crippen molar-refractivity contribution in [1.82, 2.24) is 4.98 Å². The molecule has 3 rings (SSSR count). The Morgan fingerprint density at radius 3 is 2.43 bits per heavy atom. The Hall–Kier alpha value is -2.39. The molecule has 0 radical (unpaired) electrons. The van der Waals surface area contributed by atoms with Gasteiger partial charge in [0.15, 0.2) is 9.84 Å². The summed E-state index contributed by atoms with van der Waals surface area (Å²) in [5.41, 5.74) is 0.525. The van der Waals surface area contributed by atoms with Crippen LogP contribution in [0, 0.1) is 11.3 Å². The summed E-state index contributed by atoms with van der Waals surface area (Å²) in [4.78, 5) is 6.65. The number of pyridine rings is 1. The lowest BCUT2D eigenvalue weighted by molar-refractivity contribution is 0.528. The highest BCUT2D eigenvalue weighted by Crippen LogP contribution is 2.27. The van der Waals surface area contributed by atoms with Crippen LogP contribution in [0.1, 0.15) is 18.4 Å². The average molecular weight is 327 g/mol. The molecular formula is C17H17N3O2S. The van der Waals surface area contributed by atoms with Gasteiger partial charge in [-0.3, -0.25) is 0 Å². The SMILES string of the molecule is N#Cc1cccnc1N1CCC(S(=O)(=O)c2ccccc2)CC1. The lowest BCUT2D eigenvalue weighted by Crippen LogP contribution is -2.40. The van der Waals surface area contributed by atoms with Crippen LogP contribution in [0.2, 0.25) is 0 Å². The number of hydrogen-bond donors (Lipinski definition) is 0. The molecule has 0 atom stereocenters. The Morgan fingerprint density at radius 1 is 1.09 bits per heavy atom. The van der Waals surface area contributed by atoms with E-state index in [1.807, 2.05) is 11.0 Å². The zero-order valence-corrected chi connectivity index (χ0v) is 13.4. The van der Waals surface area contributed by atoms with E-state index >= 15 is 0 Å². The number of nitriles is 1. The minimum Gasteiger partial charge on any atom is -0.355 e. The second-order valence-corrected chi connectivity index (χ2v) is 7.76. The molecule has 118 valence electrons. The number of nitrogens with zero attached hydrogens (tertiary/aromatic N) is 3. The van der Waals surface area contributed by atoms with Gasteiger partial charge in [-0.15, -0.1) is 0 Å². The minimum atomic E-state index is -3.30. The van der Waals surface area contributed by atoms with E-state index in [4.69, 9.17) is 5.26 Å². The van der Waals surface area contributed by atoms with Crippen LogP contribution in [-0.4, -0.2) is 31.7 Å². The van der Waals surface area contributed by atoms with Gasteiger partial charge in [-0.25, -0.2) is 13.4 Å². The molecule has 0 N–H and O–H groups in total. The molecule has 0 saturated carbocycles. The summed E-state index contributed by atoms with van der Waals surface area (Å²) in [5, 5.41) is 8.79. The molecule has 1 aromatic heterocycles. The van der Waals surface area contributed by atoms with Gasteiger partial charge in [0.1, 0.15) is 11.9 Å². The van der Waals surface area contributed by atoms with Crippen LogP contribution in [0.25, 0.3) is 0 Å². The van der Waals surface area contributed by atoms with E-state index < -0.39 is 9.84 Å². The predicted octanol–water partition coefficient (Wildman–Crippen LogP) is 2.40. The predicted molar refractivity (Wildman–Crippen MR) is 87.8 cm³/mol. The van der Waals surface area contributed by atoms with E-state index in [0.717, 1.165) is 0 Å². The Kier molecular flexibility index (Phi) is 4.30. The van der Waals surface area contributed by atoms with Gasteiger partial charge in [0.05, 0.1) is 15.7 Å². The quantitative estimate of drug-likeness (QED) is 0.865. The topological polar surface area (TPSA) is 74.1 Å². The average Bonchev–Trinajstić information content (AvgIpc) is 2.62. The van der Waals surface area contributed by atoms with Gasteiger partial charge in [-0.2, -0.15) is 5.26 Å². The van der Waals surface area contributed by atoms with Crippen LogP contribution in [0.15, 0.2) is 53.6 Å². The van der Waals surface area contributed by atoms with Gasteiger partial charge < -0.3 is 4.90 Å². The van der Waals surface area contributed by atoms with Crippen LogP contribution in [0.5, 0.6) is 0 Å². The maximum atomic E-state index is 12.7. The third kappa shape index (κ3) is 3.06. The van der Waals surface area contributed by atoms with Gasteiger partial charge in [-0.05, 0) is 37.1 Å². The standard InChI is InChI=1S/C17H17N3O2S/c18-13-14-5-4-10-19-17(14)20-11-8-16(9-12-20)23(21,22)15-6-2-1-3-7-15/h1-7,10,16H,8-9,11-12H2. The van der Waals surface area contributed by atoms with E-state index in [-0.39, 0.29) is 5.25 Å². The Balaban J connectivity index is 1.75. The summed E-state index contributed by atoms with van der Waals surface area (Å²) < 4.78 is 25.3. The first-order valence-corrected chi connectivity index (χ1v) is 9.06. The molecule has 5 nitrogen and oxygen atoms in total. The fourth-order valence-corrected chi connectivity index (χ4v) is 4.67. The molecule has 23 heavy (non-hydrogen) atoms. The lowest BCUT2D eigenvalue weighted by atomic mass is 10.1. The molecular weight excluding hydrogens is 310 g/mol. The van der Waals surface area contributed by atoms with Crippen molar-refractivity contribution in [2.45, 2.75) is 23.0 Å². The largest absolute Gasteiger partial charge is 0.355 e. The number of hydrogen-bond acceptors (Lipinski definition) is 5. The maximum Gasteiger partial charge on any atom is 0.181 e. The van der Waals surface area contributed by atoms with E-state index in [1.165, 1.54) is 0 Å². The van der Waals surface area contributed by atoms with Gasteiger partial charge in [0, 0.05) is 19.3 Å². The summed E-state index contributed by atoms with van der Waals surface area (Å²) in [7, 11) is -3.30. The first kappa shape index (κ1) is 15.5. The van der Waals surface area contributed by atoms with Crippen molar-refractivity contribution < 1.29 is 8.42 Å². The summed E-state index contributed by atoms with van der Waals surface area (Å²) >= 11 is 0. The fraction of sp³-hybridized carbons (Fsp3) is 0.294. The molecule has 1 aliphatic heterocycles. The van der Waals surface area contributed by atoms with E-state index in [1.54, 1.807) is 42.6 Å². The zero-order valence-electron chi connectivity index (χ0n) is 12.6. The fourth-order valence-electron chi connectivity index (χ4n) is 2.92. The molecule has 0 aliphatic carbocycles. The summed E-state index contributed by atoms with van der Waals surface area (Å²) in [6.45, 7) is 1.17. The van der Waals surface area contributed by atoms with Crippen molar-refractivity contribution in [3.63, 3.8) is 0 Å². The van der Waals surface area contributed by atoms with E-state index in [2.05, 4.69) is 11.1 Å². The van der Waals surface area contributed by atoms with E-state index in [9.17, 15) is 8.42 Å². The maximum absolute atomic E-state index is 12.7. The van der Waals surface area contributed by atoms with E-state index in [0.29, 0.717) is 42.2 Å². The Bertz CT molecular complexity index is 820. The number of piperidine rings is 1. The van der Waals surface area contributed by atoms with Crippen molar-refractivity contribution >= 4 is 15.7 Å². The normalized spacial score (nSPS) is 16.0. The molecule has 0 spiro atoms. The highest BCUT2D eigenvalue weighted by molar-refractivity contribution is 7.92. The highest BCUT2D eigenvalue weighted by atomic mass is 32.2. The molecule has 2 aromatic rings. The third-order valence-corrected chi connectivity index (χ3v) is 6.44. The molecule has 1 saturated heterocycles. The summed E-state index contributed by atoms with van der Waals surface area (Å²) in [6.07, 6.45) is 2.74. The second-order valence-electron chi connectivity index (χ2n) is 5.53. The lowest BCUT2D eigenvalue weighted by Gasteiger charge is -2.32. The van der Waals surface area contributed by atoms with Crippen LogP contribution in [0.4, 0.5) is 5.82 Å². The highest BCUT2D eigenvalue weighted by Gasteiger charge is 2.32. The van der Waals surface area contributed by atoms with Gasteiger partial charge in [-0.1, -0.05) is 18.2 Å². The van der Waals surface area contributed by atoms with Crippen molar-refractivity contribution in [3.05, 3.63) is 54.2 Å². The molecule has 1 aliphatic rings. The third-order valence-electron chi connectivity index (χ3n) is 4.16. The van der Waals surface area contributed by atoms with Crippen molar-refractivity contribution in [2.75, 3.05) is 18.0 Å². The Morgan fingerprint density at radius 2 is 1.78 bits per heavy atom. The number of anilines is 1. The van der Waals surface area contributed by atoms with Gasteiger partial charge >= 0.3 is 0 Å². The minimum absolute atomic E-state index is 0.379. The van der Waals surface area contributed by atoms with Crippen molar-refractivity contribution in [3.8, 4) is 6.07 Å². The van der Waals surface area contributed by atoms with Gasteiger partial charge in [0.2, 0.25) is 0 Å². The smallest absolute Gasteiger partial charge is 0.181 e. The van der Waals surface area contributed by atoms with Crippen LogP contribution >= 0.6 is 0 Å². The van der Waals surface area contributed by atoms with Gasteiger partial charge in [0.25, 0.3) is 0 Å². The first-order chi connectivity index (χ1) is 11.1. The summed E-state index contributed by atoms with van der Waals surface area (Å²) in [5.74, 6) is 0.644. The van der Waals surface area contributed by atoms with Crippen LogP contribution < -0.4 is 4.90 Å². The van der Waals surface area contributed by atoms with Crippen molar-refractivity contribution in [1.29, 1.82) is 5.26 Å². The number of sulfone groups is 1. The molecule has 0 amide bonds. The molecule has 1 aromatic carbocycles.